The van der Waals surface area contributed by atoms with Gasteiger partial charge >= 0.3 is 0 Å². The normalized spacial score (nSPS) is 18.5. The predicted octanol–water partition coefficient (Wildman–Crippen LogP) is 2.51. The van der Waals surface area contributed by atoms with Gasteiger partial charge in [-0.15, -0.1) is 0 Å². The van der Waals surface area contributed by atoms with Gasteiger partial charge in [0, 0.05) is 11.6 Å². The Labute approximate surface area is 108 Å². The maximum Gasteiger partial charge on any atom is 0.216 e. The van der Waals surface area contributed by atoms with E-state index in [4.69, 9.17) is 14.2 Å². The lowest BCUT2D eigenvalue weighted by Crippen LogP contribution is -2.13. The first-order valence-electron chi connectivity index (χ1n) is 6.08. The van der Waals surface area contributed by atoms with Gasteiger partial charge in [0.1, 0.15) is 18.1 Å². The largest absolute Gasteiger partial charge is 0.497 e. The summed E-state index contributed by atoms with van der Waals surface area (Å²) in [6.07, 6.45) is 0. The smallest absolute Gasteiger partial charge is 0.216 e. The van der Waals surface area contributed by atoms with Gasteiger partial charge in [-0.25, -0.2) is 4.99 Å². The summed E-state index contributed by atoms with van der Waals surface area (Å²) in [7, 11) is 3.26. The molecule has 1 unspecified atom stereocenters. The van der Waals surface area contributed by atoms with E-state index in [1.807, 2.05) is 18.2 Å². The Morgan fingerprint density at radius 3 is 2.22 bits per heavy atom. The third-order valence-electron chi connectivity index (χ3n) is 3.04. The number of rotatable bonds is 4. The zero-order chi connectivity index (χ0) is 13.1. The molecule has 0 amide bonds. The quantitative estimate of drug-likeness (QED) is 0.823. The summed E-state index contributed by atoms with van der Waals surface area (Å²) in [4.78, 5) is 4.59. The highest BCUT2D eigenvalue weighted by Crippen LogP contribution is 2.25. The Morgan fingerprint density at radius 2 is 1.78 bits per heavy atom. The van der Waals surface area contributed by atoms with Gasteiger partial charge in [-0.1, -0.05) is 13.8 Å². The van der Waals surface area contributed by atoms with Crippen LogP contribution in [0, 0.1) is 5.92 Å². The fourth-order valence-electron chi connectivity index (χ4n) is 1.82. The zero-order valence-corrected chi connectivity index (χ0v) is 11.3. The lowest BCUT2D eigenvalue weighted by molar-refractivity contribution is 0.291. The number of hydrogen-bond acceptors (Lipinski definition) is 4. The molecule has 0 saturated carbocycles. The summed E-state index contributed by atoms with van der Waals surface area (Å²) in [6, 6.07) is 5.88. The molecule has 0 N–H and O–H groups in total. The van der Waals surface area contributed by atoms with E-state index in [9.17, 15) is 0 Å². The van der Waals surface area contributed by atoms with Crippen LogP contribution in [-0.2, 0) is 4.74 Å². The second kappa shape index (κ2) is 5.29. The highest BCUT2D eigenvalue weighted by molar-refractivity contribution is 5.96. The molecule has 1 heterocycles. The van der Waals surface area contributed by atoms with Gasteiger partial charge in [0.2, 0.25) is 5.90 Å². The van der Waals surface area contributed by atoms with Gasteiger partial charge in [-0.05, 0) is 18.1 Å². The first-order chi connectivity index (χ1) is 8.63. The van der Waals surface area contributed by atoms with Crippen molar-refractivity contribution in [1.82, 2.24) is 0 Å². The third kappa shape index (κ3) is 2.58. The van der Waals surface area contributed by atoms with E-state index in [-0.39, 0.29) is 6.04 Å². The second-order valence-corrected chi connectivity index (χ2v) is 4.66. The summed E-state index contributed by atoms with van der Waals surface area (Å²) in [5.41, 5.74) is 0.898. The minimum absolute atomic E-state index is 0.234. The van der Waals surface area contributed by atoms with E-state index in [1.165, 1.54) is 0 Å². The molecule has 98 valence electrons. The van der Waals surface area contributed by atoms with Crippen LogP contribution in [0.1, 0.15) is 19.4 Å². The molecule has 1 aromatic rings. The minimum atomic E-state index is 0.234. The first kappa shape index (κ1) is 12.7. The van der Waals surface area contributed by atoms with Gasteiger partial charge < -0.3 is 14.2 Å². The summed E-state index contributed by atoms with van der Waals surface area (Å²) in [5.74, 6) is 2.63. The molecule has 0 fully saturated rings. The highest BCUT2D eigenvalue weighted by atomic mass is 16.5. The molecule has 0 spiro atoms. The standard InChI is InChI=1S/C14H19NO3/c1-9(2)13-8-18-14(15-13)10-5-11(16-3)7-12(6-10)17-4/h5-7,9,13H,8H2,1-4H3. The molecule has 1 aliphatic rings. The van der Waals surface area contributed by atoms with Crippen molar-refractivity contribution in [2.45, 2.75) is 19.9 Å². The first-order valence-corrected chi connectivity index (χ1v) is 6.08. The maximum absolute atomic E-state index is 5.65. The average molecular weight is 249 g/mol. The van der Waals surface area contributed by atoms with Gasteiger partial charge in [0.05, 0.1) is 20.3 Å². The number of aliphatic imine (C=N–C) groups is 1. The summed E-state index contributed by atoms with van der Waals surface area (Å²) in [5, 5.41) is 0. The Bertz CT molecular complexity index is 432. The number of ether oxygens (including phenoxy) is 3. The van der Waals surface area contributed by atoms with E-state index in [0.717, 1.165) is 17.1 Å². The van der Waals surface area contributed by atoms with Crippen molar-refractivity contribution in [3.8, 4) is 11.5 Å². The summed E-state index contributed by atoms with van der Waals surface area (Å²) >= 11 is 0. The van der Waals surface area contributed by atoms with Crippen LogP contribution in [0.25, 0.3) is 0 Å². The Morgan fingerprint density at radius 1 is 1.17 bits per heavy atom. The fourth-order valence-corrected chi connectivity index (χ4v) is 1.82. The Kier molecular flexibility index (Phi) is 3.75. The Hall–Kier alpha value is -1.71. The van der Waals surface area contributed by atoms with E-state index in [2.05, 4.69) is 18.8 Å². The van der Waals surface area contributed by atoms with Gasteiger partial charge in [-0.2, -0.15) is 0 Å². The number of methoxy groups -OCH3 is 2. The third-order valence-corrected chi connectivity index (χ3v) is 3.04. The summed E-state index contributed by atoms with van der Waals surface area (Å²) in [6.45, 7) is 4.94. The van der Waals surface area contributed by atoms with Crippen LogP contribution in [-0.4, -0.2) is 32.8 Å². The van der Waals surface area contributed by atoms with Gasteiger partial charge in [0.15, 0.2) is 0 Å². The molecule has 0 saturated heterocycles. The second-order valence-electron chi connectivity index (χ2n) is 4.66. The van der Waals surface area contributed by atoms with Crippen LogP contribution in [0.15, 0.2) is 23.2 Å². The molecule has 2 rings (SSSR count). The molecule has 0 bridgehead atoms. The van der Waals surface area contributed by atoms with Crippen molar-refractivity contribution in [2.24, 2.45) is 10.9 Å². The van der Waals surface area contributed by atoms with Crippen LogP contribution < -0.4 is 9.47 Å². The zero-order valence-electron chi connectivity index (χ0n) is 11.3. The molecule has 4 nitrogen and oxygen atoms in total. The number of benzene rings is 1. The maximum atomic E-state index is 5.65. The Balaban J connectivity index is 2.31. The van der Waals surface area contributed by atoms with Crippen molar-refractivity contribution in [3.63, 3.8) is 0 Å². The molecule has 0 radical (unpaired) electrons. The highest BCUT2D eigenvalue weighted by Gasteiger charge is 2.23. The topological polar surface area (TPSA) is 40.0 Å². The molecule has 1 aliphatic heterocycles. The average Bonchev–Trinajstić information content (AvgIpc) is 2.87. The minimum Gasteiger partial charge on any atom is -0.497 e. The van der Waals surface area contributed by atoms with Crippen molar-refractivity contribution >= 4 is 5.90 Å². The van der Waals surface area contributed by atoms with Crippen molar-refractivity contribution in [2.75, 3.05) is 20.8 Å². The van der Waals surface area contributed by atoms with Crippen LogP contribution in [0.2, 0.25) is 0 Å². The van der Waals surface area contributed by atoms with Crippen molar-refractivity contribution in [3.05, 3.63) is 23.8 Å². The molecule has 0 aliphatic carbocycles. The number of nitrogens with zero attached hydrogens (tertiary/aromatic N) is 1. The van der Waals surface area contributed by atoms with Crippen LogP contribution in [0.5, 0.6) is 11.5 Å². The predicted molar refractivity (Wildman–Crippen MR) is 70.7 cm³/mol. The molecular weight excluding hydrogens is 230 g/mol. The van der Waals surface area contributed by atoms with E-state index in [0.29, 0.717) is 18.4 Å². The fraction of sp³-hybridized carbons (Fsp3) is 0.500. The lowest BCUT2D eigenvalue weighted by atomic mass is 10.1. The van der Waals surface area contributed by atoms with E-state index >= 15 is 0 Å². The lowest BCUT2D eigenvalue weighted by Gasteiger charge is -2.08. The number of hydrogen-bond donors (Lipinski definition) is 0. The molecule has 18 heavy (non-hydrogen) atoms. The van der Waals surface area contributed by atoms with E-state index in [1.54, 1.807) is 14.2 Å². The van der Waals surface area contributed by atoms with E-state index < -0.39 is 0 Å². The van der Waals surface area contributed by atoms with Crippen LogP contribution in [0.3, 0.4) is 0 Å². The van der Waals surface area contributed by atoms with Crippen LogP contribution >= 0.6 is 0 Å². The monoisotopic (exact) mass is 249 g/mol. The van der Waals surface area contributed by atoms with Crippen molar-refractivity contribution in [1.29, 1.82) is 0 Å². The molecule has 1 aromatic carbocycles. The van der Waals surface area contributed by atoms with Crippen molar-refractivity contribution < 1.29 is 14.2 Å². The van der Waals surface area contributed by atoms with Gasteiger partial charge in [-0.3, -0.25) is 0 Å². The van der Waals surface area contributed by atoms with Crippen LogP contribution in [0.4, 0.5) is 0 Å². The molecule has 4 heteroatoms. The molecule has 1 atom stereocenters. The van der Waals surface area contributed by atoms with Gasteiger partial charge in [0.25, 0.3) is 0 Å². The molecule has 0 aromatic heterocycles. The SMILES string of the molecule is COc1cc(OC)cc(C2=NC(C(C)C)CO2)c1. The molecular formula is C14H19NO3. The summed E-state index contributed by atoms with van der Waals surface area (Å²) < 4.78 is 16.1.